The van der Waals surface area contributed by atoms with Gasteiger partial charge >= 0.3 is 0 Å². The molecule has 1 heterocycles. The van der Waals surface area contributed by atoms with Gasteiger partial charge in [0.15, 0.2) is 5.78 Å². The second-order valence-electron chi connectivity index (χ2n) is 5.75. The van der Waals surface area contributed by atoms with Crippen molar-refractivity contribution >= 4 is 5.78 Å². The fourth-order valence-electron chi connectivity index (χ4n) is 2.32. The molecule has 0 bridgehead atoms. The number of hydrogen-bond donors (Lipinski definition) is 0. The summed E-state index contributed by atoms with van der Waals surface area (Å²) in [5.74, 6) is 0.803. The number of hydrogen-bond acceptors (Lipinski definition) is 2. The molecule has 0 unspecified atom stereocenters. The lowest BCUT2D eigenvalue weighted by molar-refractivity contribution is -0.122. The van der Waals surface area contributed by atoms with Crippen LogP contribution in [0.3, 0.4) is 0 Å². The van der Waals surface area contributed by atoms with E-state index in [-0.39, 0.29) is 17.1 Å². The van der Waals surface area contributed by atoms with Gasteiger partial charge in [0.05, 0.1) is 0 Å². The third kappa shape index (κ3) is 1.41. The monoisotopic (exact) mass is 182 g/mol. The van der Waals surface area contributed by atoms with E-state index in [9.17, 15) is 4.79 Å². The van der Waals surface area contributed by atoms with Crippen LogP contribution in [-0.4, -0.2) is 17.5 Å². The maximum Gasteiger partial charge on any atom is 0.164 e. The topological polar surface area (TPSA) is 29.6 Å². The molecule has 13 heavy (non-hydrogen) atoms. The Morgan fingerprint density at radius 3 is 2.54 bits per heavy atom. The van der Waals surface area contributed by atoms with Crippen LogP contribution in [0.15, 0.2) is 0 Å². The SMILES string of the molecule is CC(C)(C)[C@@H]1CC(=O)[C@H]2O[C@@]2(C)C1. The lowest BCUT2D eigenvalue weighted by Gasteiger charge is -2.33. The number of carbonyl (C=O) groups excluding carboxylic acids is 1. The number of rotatable bonds is 0. The predicted molar refractivity (Wildman–Crippen MR) is 50.5 cm³/mol. The van der Waals surface area contributed by atoms with Gasteiger partial charge in [-0.15, -0.1) is 0 Å². The molecule has 1 aliphatic heterocycles. The molecule has 1 saturated carbocycles. The summed E-state index contributed by atoms with van der Waals surface area (Å²) in [6.45, 7) is 8.68. The number of ketones is 1. The second-order valence-corrected chi connectivity index (χ2v) is 5.75. The summed E-state index contributed by atoms with van der Waals surface area (Å²) in [4.78, 5) is 11.6. The maximum absolute atomic E-state index is 11.6. The van der Waals surface area contributed by atoms with Crippen molar-refractivity contribution < 1.29 is 9.53 Å². The number of carbonyl (C=O) groups is 1. The van der Waals surface area contributed by atoms with E-state index in [1.807, 2.05) is 0 Å². The molecule has 0 N–H and O–H groups in total. The second kappa shape index (κ2) is 2.35. The van der Waals surface area contributed by atoms with Gasteiger partial charge in [0.1, 0.15) is 11.7 Å². The number of fused-ring (bicyclic) bond motifs is 1. The van der Waals surface area contributed by atoms with Crippen LogP contribution in [0.1, 0.15) is 40.5 Å². The first-order valence-electron chi connectivity index (χ1n) is 5.03. The smallest absolute Gasteiger partial charge is 0.164 e. The zero-order valence-electron chi connectivity index (χ0n) is 8.89. The van der Waals surface area contributed by atoms with Crippen LogP contribution < -0.4 is 0 Å². The summed E-state index contributed by atoms with van der Waals surface area (Å²) in [6.07, 6.45) is 1.70. The van der Waals surface area contributed by atoms with E-state index in [4.69, 9.17) is 4.74 Å². The van der Waals surface area contributed by atoms with Crippen molar-refractivity contribution in [2.24, 2.45) is 11.3 Å². The highest BCUT2D eigenvalue weighted by molar-refractivity contribution is 5.88. The van der Waals surface area contributed by atoms with Gasteiger partial charge in [-0.25, -0.2) is 0 Å². The van der Waals surface area contributed by atoms with Gasteiger partial charge < -0.3 is 4.74 Å². The summed E-state index contributed by atoms with van der Waals surface area (Å²) >= 11 is 0. The van der Waals surface area contributed by atoms with Crippen LogP contribution >= 0.6 is 0 Å². The normalized spacial score (nSPS) is 44.5. The van der Waals surface area contributed by atoms with Crippen molar-refractivity contribution in [1.29, 1.82) is 0 Å². The molecule has 3 atom stereocenters. The zero-order chi connectivity index (χ0) is 9.85. The molecule has 2 nitrogen and oxygen atoms in total. The molecule has 2 fully saturated rings. The summed E-state index contributed by atoms with van der Waals surface area (Å²) in [5, 5.41) is 0. The predicted octanol–water partition coefficient (Wildman–Crippen LogP) is 2.17. The van der Waals surface area contributed by atoms with Gasteiger partial charge in [0, 0.05) is 6.42 Å². The van der Waals surface area contributed by atoms with E-state index in [1.165, 1.54) is 0 Å². The lowest BCUT2D eigenvalue weighted by Crippen LogP contribution is -2.35. The maximum atomic E-state index is 11.6. The van der Waals surface area contributed by atoms with Gasteiger partial charge in [-0.1, -0.05) is 20.8 Å². The standard InChI is InChI=1S/C11H18O2/c1-10(2,3)7-5-8(12)9-11(4,6-7)13-9/h7,9H,5-6H2,1-4H3/t7-,9-,11+/m1/s1. The third-order valence-corrected chi connectivity index (χ3v) is 3.50. The summed E-state index contributed by atoms with van der Waals surface area (Å²) in [6, 6.07) is 0. The summed E-state index contributed by atoms with van der Waals surface area (Å²) < 4.78 is 5.45. The molecular weight excluding hydrogens is 164 g/mol. The Bertz CT molecular complexity index is 251. The van der Waals surface area contributed by atoms with Crippen molar-refractivity contribution in [3.63, 3.8) is 0 Å². The molecule has 0 radical (unpaired) electrons. The Morgan fingerprint density at radius 1 is 1.46 bits per heavy atom. The first kappa shape index (κ1) is 9.20. The number of ether oxygens (including phenoxy) is 1. The van der Waals surface area contributed by atoms with Gasteiger partial charge in [-0.2, -0.15) is 0 Å². The fourth-order valence-corrected chi connectivity index (χ4v) is 2.32. The van der Waals surface area contributed by atoms with Crippen LogP contribution in [0.4, 0.5) is 0 Å². The van der Waals surface area contributed by atoms with Crippen molar-refractivity contribution in [1.82, 2.24) is 0 Å². The highest BCUT2D eigenvalue weighted by Crippen LogP contribution is 2.51. The van der Waals surface area contributed by atoms with Gasteiger partial charge in [-0.3, -0.25) is 4.79 Å². The molecule has 1 saturated heterocycles. The highest BCUT2D eigenvalue weighted by atomic mass is 16.6. The van der Waals surface area contributed by atoms with E-state index in [2.05, 4.69) is 27.7 Å². The Balaban J connectivity index is 2.14. The van der Waals surface area contributed by atoms with Crippen LogP contribution in [0.25, 0.3) is 0 Å². The lowest BCUT2D eigenvalue weighted by atomic mass is 9.69. The fraction of sp³-hybridized carbons (Fsp3) is 0.909. The summed E-state index contributed by atoms with van der Waals surface area (Å²) in [7, 11) is 0. The molecule has 1 aliphatic carbocycles. The van der Waals surface area contributed by atoms with E-state index in [1.54, 1.807) is 0 Å². The van der Waals surface area contributed by atoms with Crippen molar-refractivity contribution in [3.05, 3.63) is 0 Å². The molecular formula is C11H18O2. The van der Waals surface area contributed by atoms with E-state index < -0.39 is 0 Å². The average molecular weight is 182 g/mol. The average Bonchev–Trinajstić information content (AvgIpc) is 2.59. The molecule has 2 rings (SSSR count). The molecule has 2 aliphatic rings. The third-order valence-electron chi connectivity index (χ3n) is 3.50. The molecule has 0 aromatic rings. The van der Waals surface area contributed by atoms with Crippen molar-refractivity contribution in [3.8, 4) is 0 Å². The van der Waals surface area contributed by atoms with Crippen molar-refractivity contribution in [2.75, 3.05) is 0 Å². The van der Waals surface area contributed by atoms with E-state index >= 15 is 0 Å². The largest absolute Gasteiger partial charge is 0.358 e. The molecule has 0 spiro atoms. The molecule has 74 valence electrons. The number of Topliss-reactive ketones (excluding diaryl/α,β-unsaturated/α-hetero) is 1. The summed E-state index contributed by atoms with van der Waals surface area (Å²) in [5.41, 5.74) is 0.128. The molecule has 0 aromatic heterocycles. The van der Waals surface area contributed by atoms with E-state index in [0.29, 0.717) is 18.1 Å². The van der Waals surface area contributed by atoms with Gasteiger partial charge in [0.25, 0.3) is 0 Å². The Hall–Kier alpha value is -0.370. The Morgan fingerprint density at radius 2 is 2.08 bits per heavy atom. The highest BCUT2D eigenvalue weighted by Gasteiger charge is 2.61. The van der Waals surface area contributed by atoms with E-state index in [0.717, 1.165) is 6.42 Å². The molecule has 2 heteroatoms. The van der Waals surface area contributed by atoms with Crippen LogP contribution in [0, 0.1) is 11.3 Å². The minimum atomic E-state index is -0.104. The Kier molecular flexibility index (Phi) is 1.66. The van der Waals surface area contributed by atoms with Crippen LogP contribution in [0.2, 0.25) is 0 Å². The number of epoxide rings is 1. The van der Waals surface area contributed by atoms with Crippen LogP contribution in [-0.2, 0) is 9.53 Å². The van der Waals surface area contributed by atoms with Crippen LogP contribution in [0.5, 0.6) is 0 Å². The molecule has 0 aromatic carbocycles. The van der Waals surface area contributed by atoms with Crippen molar-refractivity contribution in [2.45, 2.75) is 52.2 Å². The zero-order valence-corrected chi connectivity index (χ0v) is 8.89. The first-order valence-corrected chi connectivity index (χ1v) is 5.03. The minimum Gasteiger partial charge on any atom is -0.358 e. The molecule has 0 amide bonds. The quantitative estimate of drug-likeness (QED) is 0.537. The Labute approximate surface area is 79.7 Å². The first-order chi connectivity index (χ1) is 5.83. The van der Waals surface area contributed by atoms with Gasteiger partial charge in [0.2, 0.25) is 0 Å². The van der Waals surface area contributed by atoms with Gasteiger partial charge in [-0.05, 0) is 24.7 Å². The minimum absolute atomic E-state index is 0.0638.